The lowest BCUT2D eigenvalue weighted by Gasteiger charge is -2.05. The molecular weight excluding hydrogens is 320 g/mol. The zero-order valence-electron chi connectivity index (χ0n) is 15.1. The Hall–Kier alpha value is -3.20. The van der Waals surface area contributed by atoms with E-state index < -0.39 is 0 Å². The standard InChI is InChI=1S/C23H19N2O/c1-14-8-11-20(25(3)13-14)21-15(2)9-10-17-18-12-16-6-4-5-7-19(16)24-23(18)26-22(17)21/h4-13H,1-3H3/q+1. The minimum absolute atomic E-state index is 0.695. The maximum Gasteiger partial charge on any atom is 0.227 e. The molecule has 0 saturated carbocycles. The Morgan fingerprint density at radius 2 is 1.77 bits per heavy atom. The summed E-state index contributed by atoms with van der Waals surface area (Å²) in [5, 5.41) is 3.31. The highest BCUT2D eigenvalue weighted by atomic mass is 16.3. The van der Waals surface area contributed by atoms with Gasteiger partial charge in [-0.3, -0.25) is 0 Å². The van der Waals surface area contributed by atoms with Crippen molar-refractivity contribution < 1.29 is 8.98 Å². The normalized spacial score (nSPS) is 11.7. The van der Waals surface area contributed by atoms with Gasteiger partial charge in [-0.05, 0) is 37.6 Å². The number of aromatic nitrogens is 2. The maximum absolute atomic E-state index is 6.29. The second-order valence-electron chi connectivity index (χ2n) is 6.97. The van der Waals surface area contributed by atoms with Gasteiger partial charge in [0, 0.05) is 27.8 Å². The minimum atomic E-state index is 0.695. The minimum Gasteiger partial charge on any atom is -0.437 e. The second kappa shape index (κ2) is 5.40. The van der Waals surface area contributed by atoms with Crippen LogP contribution in [0.25, 0.3) is 44.2 Å². The third kappa shape index (κ3) is 2.14. The molecule has 0 N–H and O–H groups in total. The molecule has 0 bridgehead atoms. The average Bonchev–Trinajstić information content (AvgIpc) is 2.98. The predicted molar refractivity (Wildman–Crippen MR) is 105 cm³/mol. The molecule has 0 fully saturated rings. The fourth-order valence-corrected chi connectivity index (χ4v) is 3.79. The van der Waals surface area contributed by atoms with Gasteiger partial charge in [-0.1, -0.05) is 30.3 Å². The molecule has 5 aromatic rings. The number of fused-ring (bicyclic) bond motifs is 4. The molecule has 3 aromatic heterocycles. The highest BCUT2D eigenvalue weighted by Gasteiger charge is 2.21. The number of para-hydroxylation sites is 1. The van der Waals surface area contributed by atoms with Crippen LogP contribution in [0.1, 0.15) is 11.1 Å². The van der Waals surface area contributed by atoms with E-state index >= 15 is 0 Å². The second-order valence-corrected chi connectivity index (χ2v) is 6.97. The number of furan rings is 1. The van der Waals surface area contributed by atoms with Gasteiger partial charge in [-0.25, -0.2) is 9.55 Å². The molecule has 3 heteroatoms. The van der Waals surface area contributed by atoms with Crippen LogP contribution in [0.2, 0.25) is 0 Å². The van der Waals surface area contributed by atoms with Crippen molar-refractivity contribution in [3.8, 4) is 11.3 Å². The van der Waals surface area contributed by atoms with Crippen LogP contribution in [0.5, 0.6) is 0 Å². The zero-order valence-corrected chi connectivity index (χ0v) is 15.1. The van der Waals surface area contributed by atoms with Crippen molar-refractivity contribution in [2.24, 2.45) is 7.05 Å². The van der Waals surface area contributed by atoms with Gasteiger partial charge in [-0.2, -0.15) is 0 Å². The number of hydrogen-bond donors (Lipinski definition) is 0. The van der Waals surface area contributed by atoms with E-state index in [0.29, 0.717) is 5.71 Å². The van der Waals surface area contributed by atoms with E-state index in [1.807, 2.05) is 18.2 Å². The summed E-state index contributed by atoms with van der Waals surface area (Å²) in [7, 11) is 2.08. The smallest absolute Gasteiger partial charge is 0.227 e. The number of nitrogens with zero attached hydrogens (tertiary/aromatic N) is 2. The number of rotatable bonds is 1. The fourth-order valence-electron chi connectivity index (χ4n) is 3.79. The molecule has 2 aromatic carbocycles. The third-order valence-electron chi connectivity index (χ3n) is 5.08. The lowest BCUT2D eigenvalue weighted by molar-refractivity contribution is -0.660. The van der Waals surface area contributed by atoms with Gasteiger partial charge in [0.1, 0.15) is 7.05 Å². The molecule has 0 spiro atoms. The summed E-state index contributed by atoms with van der Waals surface area (Å²) >= 11 is 0. The molecule has 0 amide bonds. The molecule has 3 nitrogen and oxygen atoms in total. The molecule has 126 valence electrons. The predicted octanol–water partition coefficient (Wildman–Crippen LogP) is 5.24. The van der Waals surface area contributed by atoms with E-state index in [2.05, 4.69) is 68.1 Å². The van der Waals surface area contributed by atoms with Crippen LogP contribution >= 0.6 is 0 Å². The van der Waals surface area contributed by atoms with Crippen LogP contribution in [-0.4, -0.2) is 4.98 Å². The Balaban J connectivity index is 1.91. The molecule has 0 aliphatic heterocycles. The Bertz CT molecular complexity index is 1310. The first-order valence-electron chi connectivity index (χ1n) is 8.80. The van der Waals surface area contributed by atoms with E-state index in [1.165, 1.54) is 11.1 Å². The Morgan fingerprint density at radius 1 is 0.923 bits per heavy atom. The summed E-state index contributed by atoms with van der Waals surface area (Å²) in [6, 6.07) is 19.0. The van der Waals surface area contributed by atoms with Crippen molar-refractivity contribution in [2.45, 2.75) is 13.8 Å². The van der Waals surface area contributed by atoms with Crippen LogP contribution in [0.4, 0.5) is 0 Å². The monoisotopic (exact) mass is 339 g/mol. The van der Waals surface area contributed by atoms with Gasteiger partial charge in [0.25, 0.3) is 0 Å². The van der Waals surface area contributed by atoms with Crippen molar-refractivity contribution in [1.82, 2.24) is 4.98 Å². The van der Waals surface area contributed by atoms with Gasteiger partial charge in [0.15, 0.2) is 11.8 Å². The van der Waals surface area contributed by atoms with Gasteiger partial charge in [-0.15, -0.1) is 0 Å². The van der Waals surface area contributed by atoms with Gasteiger partial charge in [0.2, 0.25) is 11.4 Å². The highest BCUT2D eigenvalue weighted by Crippen LogP contribution is 2.37. The first-order chi connectivity index (χ1) is 12.6. The van der Waals surface area contributed by atoms with Crippen LogP contribution in [0.15, 0.2) is 65.2 Å². The highest BCUT2D eigenvalue weighted by molar-refractivity contribution is 6.11. The molecule has 26 heavy (non-hydrogen) atoms. The number of benzene rings is 2. The first-order valence-corrected chi connectivity index (χ1v) is 8.80. The summed E-state index contributed by atoms with van der Waals surface area (Å²) in [5.41, 5.74) is 7.26. The lowest BCUT2D eigenvalue weighted by atomic mass is 10.0. The summed E-state index contributed by atoms with van der Waals surface area (Å²) in [4.78, 5) is 4.74. The Kier molecular flexibility index (Phi) is 3.13. The van der Waals surface area contributed by atoms with Crippen LogP contribution in [0.3, 0.4) is 0 Å². The number of hydrogen-bond acceptors (Lipinski definition) is 2. The van der Waals surface area contributed by atoms with E-state index in [4.69, 9.17) is 9.40 Å². The van der Waals surface area contributed by atoms with Crippen molar-refractivity contribution >= 4 is 33.0 Å². The maximum atomic E-state index is 6.29. The van der Waals surface area contributed by atoms with Gasteiger partial charge < -0.3 is 4.42 Å². The SMILES string of the molecule is Cc1ccc(-c2c(C)ccc3c2oc2nc4ccccc4cc23)[n+](C)c1. The molecule has 5 rings (SSSR count). The van der Waals surface area contributed by atoms with Gasteiger partial charge in [0.05, 0.1) is 11.1 Å². The third-order valence-corrected chi connectivity index (χ3v) is 5.08. The molecule has 3 heterocycles. The van der Waals surface area contributed by atoms with Crippen LogP contribution in [-0.2, 0) is 7.05 Å². The summed E-state index contributed by atoms with van der Waals surface area (Å²) in [5.74, 6) is 0. The van der Waals surface area contributed by atoms with Crippen molar-refractivity contribution in [1.29, 1.82) is 0 Å². The van der Waals surface area contributed by atoms with Crippen molar-refractivity contribution in [3.63, 3.8) is 0 Å². The number of pyridine rings is 2. The Morgan fingerprint density at radius 3 is 2.62 bits per heavy atom. The molecule has 0 atom stereocenters. The molecular formula is C23H19N2O+. The molecule has 0 unspecified atom stereocenters. The van der Waals surface area contributed by atoms with Crippen LogP contribution < -0.4 is 4.57 Å². The van der Waals surface area contributed by atoms with Gasteiger partial charge >= 0.3 is 0 Å². The van der Waals surface area contributed by atoms with E-state index in [1.54, 1.807) is 0 Å². The topological polar surface area (TPSA) is 29.9 Å². The fraction of sp³-hybridized carbons (Fsp3) is 0.130. The Labute approximate surface area is 151 Å². The average molecular weight is 339 g/mol. The summed E-state index contributed by atoms with van der Waals surface area (Å²) in [6.07, 6.45) is 2.14. The lowest BCUT2D eigenvalue weighted by Crippen LogP contribution is -2.31. The zero-order chi connectivity index (χ0) is 17.8. The van der Waals surface area contributed by atoms with E-state index in [9.17, 15) is 0 Å². The van der Waals surface area contributed by atoms with E-state index in [-0.39, 0.29) is 0 Å². The first kappa shape index (κ1) is 15.1. The summed E-state index contributed by atoms with van der Waals surface area (Å²) in [6.45, 7) is 4.24. The van der Waals surface area contributed by atoms with Crippen LogP contribution in [0, 0.1) is 13.8 Å². The largest absolute Gasteiger partial charge is 0.437 e. The van der Waals surface area contributed by atoms with E-state index in [0.717, 1.165) is 38.5 Å². The molecule has 0 aliphatic rings. The number of aryl methyl sites for hydroxylation is 3. The molecule has 0 aliphatic carbocycles. The quantitative estimate of drug-likeness (QED) is 0.391. The molecule has 0 radical (unpaired) electrons. The summed E-state index contributed by atoms with van der Waals surface area (Å²) < 4.78 is 8.45. The van der Waals surface area contributed by atoms with Crippen molar-refractivity contribution in [3.05, 3.63) is 71.9 Å². The molecule has 0 saturated heterocycles. The van der Waals surface area contributed by atoms with Crippen molar-refractivity contribution in [2.75, 3.05) is 0 Å².